The van der Waals surface area contributed by atoms with Crippen molar-refractivity contribution in [3.8, 4) is 11.1 Å². The number of hydrogen-bond acceptors (Lipinski definition) is 7. The van der Waals surface area contributed by atoms with Crippen LogP contribution >= 0.6 is 34.8 Å². The van der Waals surface area contributed by atoms with E-state index in [0.29, 0.717) is 13.2 Å². The molecule has 3 heterocycles. The summed E-state index contributed by atoms with van der Waals surface area (Å²) in [6, 6.07) is 23.8. The minimum atomic E-state index is -2.03. The van der Waals surface area contributed by atoms with Gasteiger partial charge in [0.15, 0.2) is 12.1 Å². The zero-order valence-corrected chi connectivity index (χ0v) is 27.1. The summed E-state index contributed by atoms with van der Waals surface area (Å²) < 4.78 is 23.0. The number of likely N-dealkylation sites (tertiary alicyclic amines) is 1. The minimum Gasteiger partial charge on any atom is -0.392 e. The van der Waals surface area contributed by atoms with E-state index in [9.17, 15) is 9.90 Å². The molecule has 2 N–H and O–H groups in total. The highest BCUT2D eigenvalue weighted by Crippen LogP contribution is 2.40. The van der Waals surface area contributed by atoms with Crippen molar-refractivity contribution in [3.63, 3.8) is 0 Å². The van der Waals surface area contributed by atoms with Gasteiger partial charge < -0.3 is 34.3 Å². The summed E-state index contributed by atoms with van der Waals surface area (Å²) in [6.07, 6.45) is 1.64. The van der Waals surface area contributed by atoms with E-state index >= 15 is 0 Å². The molecule has 3 saturated heterocycles. The van der Waals surface area contributed by atoms with Crippen LogP contribution in [0.2, 0.25) is 0 Å². The SMILES string of the molecule is O=C(NCc1ccccc1-c1ccc([C@H]2O[C@@H](CN3CCC4(CC3)OCCO4)C[C@@H](c3ccc(CO)cc3)O2)cc1)C(Cl)(Cl)Cl. The lowest BCUT2D eigenvalue weighted by molar-refractivity contribution is -0.255. The number of nitrogens with one attached hydrogen (secondary N) is 1. The number of aliphatic hydroxyl groups excluding tert-OH is 1. The minimum absolute atomic E-state index is 0.00119. The number of halogens is 3. The lowest BCUT2D eigenvalue weighted by Gasteiger charge is -2.41. The first-order valence-electron chi connectivity index (χ1n) is 15.3. The van der Waals surface area contributed by atoms with Crippen LogP contribution in [0.3, 0.4) is 0 Å². The normalized spacial score (nSPS) is 23.7. The number of amides is 1. The van der Waals surface area contributed by atoms with Gasteiger partial charge in [-0.05, 0) is 27.8 Å². The molecule has 8 nitrogen and oxygen atoms in total. The quantitative estimate of drug-likeness (QED) is 0.274. The van der Waals surface area contributed by atoms with E-state index in [0.717, 1.165) is 72.3 Å². The van der Waals surface area contributed by atoms with Gasteiger partial charge in [-0.1, -0.05) is 108 Å². The van der Waals surface area contributed by atoms with Gasteiger partial charge in [-0.3, -0.25) is 4.79 Å². The number of hydrogen-bond donors (Lipinski definition) is 2. The van der Waals surface area contributed by atoms with Gasteiger partial charge in [0.1, 0.15) is 0 Å². The molecule has 3 aliphatic heterocycles. The van der Waals surface area contributed by atoms with E-state index in [1.807, 2.05) is 72.8 Å². The molecule has 1 spiro atoms. The van der Waals surface area contributed by atoms with Gasteiger partial charge in [-0.2, -0.15) is 0 Å². The molecule has 3 atom stereocenters. The fourth-order valence-corrected chi connectivity index (χ4v) is 6.44. The third-order valence-electron chi connectivity index (χ3n) is 8.72. The monoisotopic (exact) mass is 674 g/mol. The zero-order valence-electron chi connectivity index (χ0n) is 24.8. The van der Waals surface area contributed by atoms with Crippen LogP contribution in [0.4, 0.5) is 0 Å². The van der Waals surface area contributed by atoms with Crippen LogP contribution in [0.1, 0.15) is 53.9 Å². The van der Waals surface area contributed by atoms with Gasteiger partial charge in [0.25, 0.3) is 9.70 Å². The summed E-state index contributed by atoms with van der Waals surface area (Å²) in [4.78, 5) is 14.5. The first-order chi connectivity index (χ1) is 21.7. The Morgan fingerprint density at radius 3 is 2.24 bits per heavy atom. The maximum atomic E-state index is 12.1. The Balaban J connectivity index is 1.18. The second-order valence-corrected chi connectivity index (χ2v) is 14.0. The van der Waals surface area contributed by atoms with Crippen LogP contribution in [0, 0.1) is 0 Å². The van der Waals surface area contributed by atoms with Gasteiger partial charge in [-0.25, -0.2) is 0 Å². The maximum Gasteiger partial charge on any atom is 0.272 e. The van der Waals surface area contributed by atoms with Crippen molar-refractivity contribution in [1.29, 1.82) is 0 Å². The van der Waals surface area contributed by atoms with Crippen molar-refractivity contribution in [1.82, 2.24) is 10.2 Å². The van der Waals surface area contributed by atoms with E-state index in [2.05, 4.69) is 10.2 Å². The average Bonchev–Trinajstić information content (AvgIpc) is 3.52. The summed E-state index contributed by atoms with van der Waals surface area (Å²) in [5, 5.41) is 12.2. The summed E-state index contributed by atoms with van der Waals surface area (Å²) in [5.41, 5.74) is 5.64. The summed E-state index contributed by atoms with van der Waals surface area (Å²) in [6.45, 7) is 4.10. The van der Waals surface area contributed by atoms with Gasteiger partial charge in [-0.15, -0.1) is 0 Å². The molecule has 3 aromatic carbocycles. The van der Waals surface area contributed by atoms with Gasteiger partial charge in [0.2, 0.25) is 0 Å². The standard InChI is InChI=1S/C34H37Cl3N2O6/c35-34(36,37)32(41)38-20-27-3-1-2-4-29(27)24-9-11-26(12-10-24)31-44-28(19-30(45-31)25-7-5-23(22-40)6-8-25)21-39-15-13-33(14-16-39)42-17-18-43-33/h1-12,28,30-31,40H,13-22H2,(H,38,41)/t28-,30+,31+/m1/s1. The first-order valence-corrected chi connectivity index (χ1v) is 16.4. The van der Waals surface area contributed by atoms with Crippen LogP contribution in [0.5, 0.6) is 0 Å². The van der Waals surface area contributed by atoms with E-state index in [4.69, 9.17) is 53.8 Å². The Kier molecular flexibility index (Phi) is 10.4. The lowest BCUT2D eigenvalue weighted by atomic mass is 9.97. The molecule has 0 unspecified atom stereocenters. The predicted molar refractivity (Wildman–Crippen MR) is 173 cm³/mol. The number of rotatable bonds is 8. The van der Waals surface area contributed by atoms with Crippen molar-refractivity contribution in [2.24, 2.45) is 0 Å². The molecule has 0 aromatic heterocycles. The second kappa shape index (κ2) is 14.3. The summed E-state index contributed by atoms with van der Waals surface area (Å²) >= 11 is 17.2. The molecule has 240 valence electrons. The Labute approximate surface area is 278 Å². The maximum absolute atomic E-state index is 12.1. The third kappa shape index (κ3) is 8.01. The largest absolute Gasteiger partial charge is 0.392 e. The average molecular weight is 676 g/mol. The molecule has 3 aliphatic rings. The van der Waals surface area contributed by atoms with E-state index in [1.165, 1.54) is 0 Å². The van der Waals surface area contributed by atoms with Crippen molar-refractivity contribution in [2.45, 2.75) is 60.5 Å². The molecule has 11 heteroatoms. The number of benzene rings is 3. The van der Waals surface area contributed by atoms with E-state index in [-0.39, 0.29) is 25.4 Å². The Morgan fingerprint density at radius 1 is 0.911 bits per heavy atom. The van der Waals surface area contributed by atoms with Crippen LogP contribution in [0.25, 0.3) is 11.1 Å². The van der Waals surface area contributed by atoms with Crippen LogP contribution in [-0.2, 0) is 36.9 Å². The molecule has 3 fully saturated rings. The number of nitrogens with zero attached hydrogens (tertiary/aromatic N) is 1. The van der Waals surface area contributed by atoms with Crippen molar-refractivity contribution >= 4 is 40.7 Å². The van der Waals surface area contributed by atoms with Gasteiger partial charge in [0, 0.05) is 51.0 Å². The van der Waals surface area contributed by atoms with Crippen molar-refractivity contribution < 1.29 is 28.8 Å². The number of alkyl halides is 3. The topological polar surface area (TPSA) is 89.5 Å². The summed E-state index contributed by atoms with van der Waals surface area (Å²) in [7, 11) is 0. The molecule has 6 rings (SSSR count). The highest BCUT2D eigenvalue weighted by Gasteiger charge is 2.41. The molecule has 0 aliphatic carbocycles. The van der Waals surface area contributed by atoms with Gasteiger partial charge in [0.05, 0.1) is 32.0 Å². The van der Waals surface area contributed by atoms with Crippen LogP contribution < -0.4 is 5.32 Å². The molecular weight excluding hydrogens is 639 g/mol. The number of piperidine rings is 1. The highest BCUT2D eigenvalue weighted by atomic mass is 35.6. The van der Waals surface area contributed by atoms with Crippen LogP contribution in [-0.4, -0.2) is 64.4 Å². The predicted octanol–water partition coefficient (Wildman–Crippen LogP) is 6.22. The van der Waals surface area contributed by atoms with Gasteiger partial charge >= 0.3 is 0 Å². The fraction of sp³-hybridized carbons (Fsp3) is 0.441. The lowest BCUT2D eigenvalue weighted by Crippen LogP contribution is -2.48. The Hall–Kier alpha value is -2.24. The molecule has 0 radical (unpaired) electrons. The van der Waals surface area contributed by atoms with Crippen molar-refractivity contribution in [2.75, 3.05) is 32.8 Å². The molecule has 0 bridgehead atoms. The highest BCUT2D eigenvalue weighted by molar-refractivity contribution is 6.76. The Morgan fingerprint density at radius 2 is 1.58 bits per heavy atom. The smallest absolute Gasteiger partial charge is 0.272 e. The van der Waals surface area contributed by atoms with E-state index < -0.39 is 21.8 Å². The molecule has 45 heavy (non-hydrogen) atoms. The number of carbonyl (C=O) groups excluding carboxylic acids is 1. The third-order valence-corrected chi connectivity index (χ3v) is 9.23. The number of aliphatic hydroxyl groups is 1. The first kappa shape index (κ1) is 32.7. The number of carbonyl (C=O) groups is 1. The molecule has 3 aromatic rings. The summed E-state index contributed by atoms with van der Waals surface area (Å²) in [5.74, 6) is -1.09. The molecular formula is C34H37Cl3N2O6. The van der Waals surface area contributed by atoms with E-state index in [1.54, 1.807) is 0 Å². The number of ether oxygens (including phenoxy) is 4. The Bertz CT molecular complexity index is 1430. The van der Waals surface area contributed by atoms with Crippen LogP contribution in [0.15, 0.2) is 72.8 Å². The second-order valence-electron chi connectivity index (χ2n) is 11.7. The molecule has 0 saturated carbocycles. The molecule has 1 amide bonds. The zero-order chi connectivity index (χ0) is 31.4. The fourth-order valence-electron chi connectivity index (χ4n) is 6.23. The van der Waals surface area contributed by atoms with Crippen molar-refractivity contribution in [3.05, 3.63) is 95.1 Å².